The van der Waals surface area contributed by atoms with E-state index >= 15 is 0 Å². The fraction of sp³-hybridized carbons (Fsp3) is 0.333. The van der Waals surface area contributed by atoms with E-state index in [0.717, 1.165) is 49.9 Å². The van der Waals surface area contributed by atoms with Crippen LogP contribution < -0.4 is 5.32 Å². The van der Waals surface area contributed by atoms with Crippen LogP contribution in [0.2, 0.25) is 0 Å². The Balaban J connectivity index is 1.63. The molecule has 2 aromatic carbocycles. The van der Waals surface area contributed by atoms with E-state index in [0.29, 0.717) is 17.0 Å². The Morgan fingerprint density at radius 2 is 1.85 bits per heavy atom. The quantitative estimate of drug-likeness (QED) is 0.455. The van der Waals surface area contributed by atoms with Crippen LogP contribution in [0.25, 0.3) is 22.6 Å². The van der Waals surface area contributed by atoms with Crippen LogP contribution >= 0.6 is 0 Å². The SMILES string of the molecule is O=C(O)c1cccc(-c2nc3ccc(NCCCCCCCO)cc3o2)c1. The highest BCUT2D eigenvalue weighted by molar-refractivity contribution is 5.89. The van der Waals surface area contributed by atoms with Crippen LogP contribution in [0.5, 0.6) is 0 Å². The molecule has 0 aliphatic heterocycles. The van der Waals surface area contributed by atoms with E-state index in [-0.39, 0.29) is 12.2 Å². The molecule has 27 heavy (non-hydrogen) atoms. The molecule has 0 spiro atoms. The first-order valence-corrected chi connectivity index (χ1v) is 9.26. The Labute approximate surface area is 157 Å². The molecule has 6 heteroatoms. The Hall–Kier alpha value is -2.86. The minimum atomic E-state index is -0.976. The Morgan fingerprint density at radius 3 is 2.67 bits per heavy atom. The van der Waals surface area contributed by atoms with E-state index in [1.54, 1.807) is 24.3 Å². The number of carboxylic acids is 1. The molecule has 0 atom stereocenters. The second kappa shape index (κ2) is 9.19. The number of aromatic carboxylic acids is 1. The second-order valence-corrected chi connectivity index (χ2v) is 6.51. The van der Waals surface area contributed by atoms with Crippen molar-refractivity contribution >= 4 is 22.8 Å². The molecule has 0 saturated heterocycles. The monoisotopic (exact) mass is 368 g/mol. The van der Waals surface area contributed by atoms with Gasteiger partial charge in [0.1, 0.15) is 5.52 Å². The highest BCUT2D eigenvalue weighted by Gasteiger charge is 2.11. The smallest absolute Gasteiger partial charge is 0.335 e. The molecule has 0 aliphatic rings. The lowest BCUT2D eigenvalue weighted by atomic mass is 10.1. The number of carbonyl (C=O) groups is 1. The number of nitrogens with one attached hydrogen (secondary N) is 1. The zero-order valence-electron chi connectivity index (χ0n) is 15.1. The molecular weight excluding hydrogens is 344 g/mol. The summed E-state index contributed by atoms with van der Waals surface area (Å²) in [4.78, 5) is 15.6. The average Bonchev–Trinajstić information content (AvgIpc) is 3.11. The van der Waals surface area contributed by atoms with Crippen LogP contribution in [0.3, 0.4) is 0 Å². The third-order valence-corrected chi connectivity index (χ3v) is 4.41. The number of oxazole rings is 1. The first-order valence-electron chi connectivity index (χ1n) is 9.26. The standard InChI is InChI=1S/C21H24N2O4/c24-12-5-3-1-2-4-11-22-17-9-10-18-19(14-17)27-20(23-18)15-7-6-8-16(13-15)21(25)26/h6-10,13-14,22,24H,1-5,11-12H2,(H,25,26). The van der Waals surface area contributed by atoms with Gasteiger partial charge in [-0.1, -0.05) is 25.3 Å². The van der Waals surface area contributed by atoms with Gasteiger partial charge in [-0.2, -0.15) is 0 Å². The van der Waals surface area contributed by atoms with E-state index < -0.39 is 5.97 Å². The predicted octanol–water partition coefficient (Wildman–Crippen LogP) is 4.55. The van der Waals surface area contributed by atoms with Gasteiger partial charge in [-0.25, -0.2) is 9.78 Å². The molecule has 0 amide bonds. The van der Waals surface area contributed by atoms with Gasteiger partial charge in [-0.05, 0) is 43.2 Å². The summed E-state index contributed by atoms with van der Waals surface area (Å²) in [7, 11) is 0. The number of aromatic nitrogens is 1. The number of carboxylic acid groups (broad SMARTS) is 1. The summed E-state index contributed by atoms with van der Waals surface area (Å²) in [6.45, 7) is 1.16. The molecule has 0 fully saturated rings. The zero-order chi connectivity index (χ0) is 19.1. The normalized spacial score (nSPS) is 11.0. The van der Waals surface area contributed by atoms with Crippen LogP contribution in [0.4, 0.5) is 5.69 Å². The summed E-state index contributed by atoms with van der Waals surface area (Å²) in [5, 5.41) is 21.3. The highest BCUT2D eigenvalue weighted by atomic mass is 16.4. The number of hydrogen-bond acceptors (Lipinski definition) is 5. The first kappa shape index (κ1) is 18.9. The fourth-order valence-corrected chi connectivity index (χ4v) is 2.94. The highest BCUT2D eigenvalue weighted by Crippen LogP contribution is 2.27. The van der Waals surface area contributed by atoms with Crippen LogP contribution in [0, 0.1) is 0 Å². The second-order valence-electron chi connectivity index (χ2n) is 6.51. The van der Waals surface area contributed by atoms with Gasteiger partial charge in [0.2, 0.25) is 5.89 Å². The molecule has 3 N–H and O–H groups in total. The molecule has 0 bridgehead atoms. The van der Waals surface area contributed by atoms with Gasteiger partial charge in [-0.3, -0.25) is 0 Å². The van der Waals surface area contributed by atoms with Crippen molar-refractivity contribution in [1.29, 1.82) is 0 Å². The predicted molar refractivity (Wildman–Crippen MR) is 105 cm³/mol. The van der Waals surface area contributed by atoms with E-state index in [1.165, 1.54) is 0 Å². The maximum atomic E-state index is 11.1. The fourth-order valence-electron chi connectivity index (χ4n) is 2.94. The molecule has 0 unspecified atom stereocenters. The number of aliphatic hydroxyl groups excluding tert-OH is 1. The molecule has 142 valence electrons. The number of hydrogen-bond donors (Lipinski definition) is 3. The summed E-state index contributed by atoms with van der Waals surface area (Å²) in [5.41, 5.74) is 3.22. The maximum absolute atomic E-state index is 11.1. The van der Waals surface area contributed by atoms with Crippen molar-refractivity contribution in [3.63, 3.8) is 0 Å². The molecular formula is C21H24N2O4. The largest absolute Gasteiger partial charge is 0.478 e. The van der Waals surface area contributed by atoms with Gasteiger partial charge in [0.25, 0.3) is 0 Å². The lowest BCUT2D eigenvalue weighted by Gasteiger charge is -2.05. The Morgan fingerprint density at radius 1 is 1.04 bits per heavy atom. The Kier molecular flexibility index (Phi) is 6.44. The van der Waals surface area contributed by atoms with Gasteiger partial charge in [0.05, 0.1) is 5.56 Å². The van der Waals surface area contributed by atoms with Gasteiger partial charge in [0.15, 0.2) is 5.58 Å². The summed E-state index contributed by atoms with van der Waals surface area (Å²) >= 11 is 0. The lowest BCUT2D eigenvalue weighted by molar-refractivity contribution is 0.0697. The van der Waals surface area contributed by atoms with E-state index in [1.807, 2.05) is 18.2 Å². The van der Waals surface area contributed by atoms with Gasteiger partial charge in [0, 0.05) is 30.5 Å². The topological polar surface area (TPSA) is 95.6 Å². The zero-order valence-corrected chi connectivity index (χ0v) is 15.1. The Bertz CT molecular complexity index is 904. The van der Waals surface area contributed by atoms with E-state index in [4.69, 9.17) is 14.6 Å². The van der Waals surface area contributed by atoms with E-state index in [2.05, 4.69) is 10.3 Å². The van der Waals surface area contributed by atoms with Crippen LogP contribution in [0.15, 0.2) is 46.9 Å². The summed E-state index contributed by atoms with van der Waals surface area (Å²) < 4.78 is 5.83. The minimum absolute atomic E-state index is 0.205. The van der Waals surface area contributed by atoms with Gasteiger partial charge >= 0.3 is 5.97 Å². The number of benzene rings is 2. The number of rotatable bonds is 10. The molecule has 0 radical (unpaired) electrons. The van der Waals surface area contributed by atoms with Crippen molar-refractivity contribution in [2.75, 3.05) is 18.5 Å². The number of nitrogens with zero attached hydrogens (tertiary/aromatic N) is 1. The van der Waals surface area contributed by atoms with Crippen molar-refractivity contribution < 1.29 is 19.4 Å². The molecule has 1 aromatic heterocycles. The van der Waals surface area contributed by atoms with Crippen molar-refractivity contribution in [1.82, 2.24) is 4.98 Å². The molecule has 3 rings (SSSR count). The maximum Gasteiger partial charge on any atom is 0.335 e. The van der Waals surface area contributed by atoms with Crippen LogP contribution in [-0.2, 0) is 0 Å². The van der Waals surface area contributed by atoms with Crippen molar-refractivity contribution in [3.05, 3.63) is 48.0 Å². The average molecular weight is 368 g/mol. The lowest BCUT2D eigenvalue weighted by Crippen LogP contribution is -2.01. The third kappa shape index (κ3) is 5.08. The summed E-state index contributed by atoms with van der Waals surface area (Å²) in [6, 6.07) is 12.3. The molecule has 0 aliphatic carbocycles. The molecule has 6 nitrogen and oxygen atoms in total. The van der Waals surface area contributed by atoms with Crippen LogP contribution in [0.1, 0.15) is 42.5 Å². The number of fused-ring (bicyclic) bond motifs is 1. The molecule has 3 aromatic rings. The van der Waals surface area contributed by atoms with Crippen molar-refractivity contribution in [3.8, 4) is 11.5 Å². The van der Waals surface area contributed by atoms with Crippen LogP contribution in [-0.4, -0.2) is 34.3 Å². The van der Waals surface area contributed by atoms with Crippen molar-refractivity contribution in [2.24, 2.45) is 0 Å². The summed E-state index contributed by atoms with van der Waals surface area (Å²) in [6.07, 6.45) is 5.32. The number of aliphatic hydroxyl groups is 1. The number of unbranched alkanes of at least 4 members (excludes halogenated alkanes) is 4. The summed E-state index contributed by atoms with van der Waals surface area (Å²) in [5.74, 6) is -0.565. The van der Waals surface area contributed by atoms with E-state index in [9.17, 15) is 4.79 Å². The first-order chi connectivity index (χ1) is 13.2. The minimum Gasteiger partial charge on any atom is -0.478 e. The molecule has 0 saturated carbocycles. The van der Waals surface area contributed by atoms with Crippen molar-refractivity contribution in [2.45, 2.75) is 32.1 Å². The number of anilines is 1. The molecule has 1 heterocycles. The van der Waals surface area contributed by atoms with Gasteiger partial charge < -0.3 is 19.9 Å². The third-order valence-electron chi connectivity index (χ3n) is 4.41. The van der Waals surface area contributed by atoms with Gasteiger partial charge in [-0.15, -0.1) is 0 Å².